The summed E-state index contributed by atoms with van der Waals surface area (Å²) in [6.07, 6.45) is 4.26. The van der Waals surface area contributed by atoms with Crippen molar-refractivity contribution >= 4 is 11.7 Å². The fourth-order valence-corrected chi connectivity index (χ4v) is 3.67. The van der Waals surface area contributed by atoms with Crippen molar-refractivity contribution in [2.45, 2.75) is 52.7 Å². The summed E-state index contributed by atoms with van der Waals surface area (Å²) in [5.41, 5.74) is 1.25. The average Bonchev–Trinajstić information content (AvgIpc) is 3.15. The van der Waals surface area contributed by atoms with Gasteiger partial charge in [-0.05, 0) is 51.3 Å². The maximum Gasteiger partial charge on any atom is 0.272 e. The lowest BCUT2D eigenvalue weighted by Gasteiger charge is -2.32. The van der Waals surface area contributed by atoms with Crippen molar-refractivity contribution in [2.24, 2.45) is 5.92 Å². The monoisotopic (exact) mass is 383 g/mol. The number of hydrogen-bond donors (Lipinski definition) is 0. The molecule has 1 amide bonds. The molecule has 0 spiro atoms. The van der Waals surface area contributed by atoms with Crippen LogP contribution < -0.4 is 4.74 Å². The van der Waals surface area contributed by atoms with Gasteiger partial charge in [-0.25, -0.2) is 0 Å². The maximum absolute atomic E-state index is 13.1. The fourth-order valence-electron chi connectivity index (χ4n) is 3.67. The van der Waals surface area contributed by atoms with E-state index >= 15 is 0 Å². The lowest BCUT2D eigenvalue weighted by molar-refractivity contribution is 0.0626. The maximum atomic E-state index is 13.1. The topological polar surface area (TPSA) is 64.4 Å². The Morgan fingerprint density at radius 2 is 2.11 bits per heavy atom. The van der Waals surface area contributed by atoms with E-state index in [2.05, 4.69) is 12.0 Å². The molecule has 0 saturated carbocycles. The number of carbonyl (C=O) groups is 2. The lowest BCUT2D eigenvalue weighted by Crippen LogP contribution is -2.43. The Morgan fingerprint density at radius 3 is 2.86 bits per heavy atom. The molecule has 3 rings (SSSR count). The second-order valence-electron chi connectivity index (χ2n) is 7.59. The van der Waals surface area contributed by atoms with Gasteiger partial charge in [0.2, 0.25) is 0 Å². The highest BCUT2D eigenvalue weighted by Gasteiger charge is 2.30. The molecule has 2 heterocycles. The minimum absolute atomic E-state index is 0.0414. The van der Waals surface area contributed by atoms with E-state index in [9.17, 15) is 9.59 Å². The van der Waals surface area contributed by atoms with Crippen molar-refractivity contribution in [1.29, 1.82) is 0 Å². The molecule has 1 saturated heterocycles. The molecule has 6 heteroatoms. The van der Waals surface area contributed by atoms with E-state index in [0.29, 0.717) is 36.6 Å². The van der Waals surface area contributed by atoms with Crippen molar-refractivity contribution in [2.75, 3.05) is 13.1 Å². The van der Waals surface area contributed by atoms with Crippen LogP contribution >= 0.6 is 0 Å². The molecule has 1 fully saturated rings. The van der Waals surface area contributed by atoms with Crippen molar-refractivity contribution in [1.82, 2.24) is 14.7 Å². The van der Waals surface area contributed by atoms with Crippen LogP contribution in [-0.2, 0) is 6.54 Å². The van der Waals surface area contributed by atoms with E-state index in [4.69, 9.17) is 4.74 Å². The number of ether oxygens (including phenoxy) is 1. The van der Waals surface area contributed by atoms with Gasteiger partial charge in [-0.15, -0.1) is 0 Å². The summed E-state index contributed by atoms with van der Waals surface area (Å²) in [6.45, 7) is 7.82. The van der Waals surface area contributed by atoms with Gasteiger partial charge in [0.25, 0.3) is 5.91 Å². The standard InChI is InChI=1S/C22H29N3O3/c1-4-12-25-20(10-11-23-25)22(27)24-13-6-8-18(15-24)21(26)17-7-5-9-19(14-17)28-16(2)3/h5,7,9-11,14,16,18H,4,6,8,12-13,15H2,1-3H3/t18-/m0/s1. The first kappa shape index (κ1) is 20.1. The highest BCUT2D eigenvalue weighted by atomic mass is 16.5. The normalized spacial score (nSPS) is 17.0. The van der Waals surface area contributed by atoms with Crippen LogP contribution in [-0.4, -0.2) is 45.6 Å². The van der Waals surface area contributed by atoms with E-state index in [1.54, 1.807) is 27.9 Å². The molecule has 1 aliphatic rings. The number of Topliss-reactive ketones (excluding diaryl/α,β-unsaturated/α-hetero) is 1. The number of ketones is 1. The van der Waals surface area contributed by atoms with Gasteiger partial charge in [-0.2, -0.15) is 5.10 Å². The molecule has 6 nitrogen and oxygen atoms in total. The number of aromatic nitrogens is 2. The zero-order valence-corrected chi connectivity index (χ0v) is 16.9. The number of carbonyl (C=O) groups excluding carboxylic acids is 2. The molecule has 1 aliphatic heterocycles. The molecule has 1 aromatic carbocycles. The predicted octanol–water partition coefficient (Wildman–Crippen LogP) is 3.82. The number of nitrogens with zero attached hydrogens (tertiary/aromatic N) is 3. The summed E-state index contributed by atoms with van der Waals surface area (Å²) in [7, 11) is 0. The summed E-state index contributed by atoms with van der Waals surface area (Å²) >= 11 is 0. The predicted molar refractivity (Wildman–Crippen MR) is 108 cm³/mol. The van der Waals surface area contributed by atoms with Crippen LogP contribution in [0.25, 0.3) is 0 Å². The lowest BCUT2D eigenvalue weighted by atomic mass is 9.89. The van der Waals surface area contributed by atoms with Crippen LogP contribution in [0.15, 0.2) is 36.5 Å². The summed E-state index contributed by atoms with van der Waals surface area (Å²) in [5.74, 6) is 0.553. The number of likely N-dealkylation sites (tertiary alicyclic amines) is 1. The molecule has 2 aromatic rings. The number of benzene rings is 1. The summed E-state index contributed by atoms with van der Waals surface area (Å²) in [5, 5.41) is 4.25. The Kier molecular flexibility index (Phi) is 6.49. The van der Waals surface area contributed by atoms with Crippen molar-refractivity contribution in [3.63, 3.8) is 0 Å². The number of aryl methyl sites for hydroxylation is 1. The SMILES string of the molecule is CCCn1nccc1C(=O)N1CCC[C@H](C(=O)c2cccc(OC(C)C)c2)C1. The smallest absolute Gasteiger partial charge is 0.272 e. The third-order valence-corrected chi connectivity index (χ3v) is 4.94. The van der Waals surface area contributed by atoms with E-state index in [1.165, 1.54) is 0 Å². The molecule has 28 heavy (non-hydrogen) atoms. The Hall–Kier alpha value is -2.63. The number of amides is 1. The molecule has 1 aromatic heterocycles. The van der Waals surface area contributed by atoms with Crippen LogP contribution in [0.1, 0.15) is 60.9 Å². The first-order chi connectivity index (χ1) is 13.5. The highest BCUT2D eigenvalue weighted by Crippen LogP contribution is 2.24. The van der Waals surface area contributed by atoms with Crippen LogP contribution in [0.3, 0.4) is 0 Å². The molecule has 0 aliphatic carbocycles. The third-order valence-electron chi connectivity index (χ3n) is 4.94. The van der Waals surface area contributed by atoms with Gasteiger partial charge >= 0.3 is 0 Å². The molecule has 150 valence electrons. The van der Waals surface area contributed by atoms with Gasteiger partial charge in [0.15, 0.2) is 5.78 Å². The van der Waals surface area contributed by atoms with Gasteiger partial charge in [0, 0.05) is 37.3 Å². The number of rotatable bonds is 7. The van der Waals surface area contributed by atoms with Gasteiger partial charge in [0.1, 0.15) is 11.4 Å². The Morgan fingerprint density at radius 1 is 1.29 bits per heavy atom. The second-order valence-corrected chi connectivity index (χ2v) is 7.59. The van der Waals surface area contributed by atoms with Gasteiger partial charge in [-0.1, -0.05) is 19.1 Å². The molecule has 0 bridgehead atoms. The van der Waals surface area contributed by atoms with Crippen molar-refractivity contribution in [3.8, 4) is 5.75 Å². The minimum atomic E-state index is -0.186. The third kappa shape index (κ3) is 4.61. The van der Waals surface area contributed by atoms with E-state index in [0.717, 1.165) is 19.3 Å². The first-order valence-corrected chi connectivity index (χ1v) is 10.1. The van der Waals surface area contributed by atoms with E-state index in [1.807, 2.05) is 32.0 Å². The molecule has 0 radical (unpaired) electrons. The zero-order valence-electron chi connectivity index (χ0n) is 16.9. The summed E-state index contributed by atoms with van der Waals surface area (Å²) in [6, 6.07) is 9.10. The average molecular weight is 383 g/mol. The van der Waals surface area contributed by atoms with Gasteiger partial charge in [-0.3, -0.25) is 14.3 Å². The highest BCUT2D eigenvalue weighted by molar-refractivity contribution is 5.99. The Labute approximate surface area is 166 Å². The van der Waals surface area contributed by atoms with Gasteiger partial charge < -0.3 is 9.64 Å². The first-order valence-electron chi connectivity index (χ1n) is 10.1. The summed E-state index contributed by atoms with van der Waals surface area (Å²) in [4.78, 5) is 27.8. The quantitative estimate of drug-likeness (QED) is 0.682. The van der Waals surface area contributed by atoms with Gasteiger partial charge in [0.05, 0.1) is 6.10 Å². The number of piperidine rings is 1. The van der Waals surface area contributed by atoms with E-state index < -0.39 is 0 Å². The zero-order chi connectivity index (χ0) is 20.1. The van der Waals surface area contributed by atoms with Crippen molar-refractivity contribution in [3.05, 3.63) is 47.8 Å². The second kappa shape index (κ2) is 9.04. The van der Waals surface area contributed by atoms with Crippen LogP contribution in [0, 0.1) is 5.92 Å². The van der Waals surface area contributed by atoms with Crippen molar-refractivity contribution < 1.29 is 14.3 Å². The van der Waals surface area contributed by atoms with Crippen LogP contribution in [0.2, 0.25) is 0 Å². The van der Waals surface area contributed by atoms with Crippen LogP contribution in [0.5, 0.6) is 5.75 Å². The fraction of sp³-hybridized carbons (Fsp3) is 0.500. The van der Waals surface area contributed by atoms with E-state index in [-0.39, 0.29) is 23.7 Å². The minimum Gasteiger partial charge on any atom is -0.491 e. The van der Waals surface area contributed by atoms with Crippen LogP contribution in [0.4, 0.5) is 0 Å². The Balaban J connectivity index is 1.71. The molecular formula is C22H29N3O3. The summed E-state index contributed by atoms with van der Waals surface area (Å²) < 4.78 is 7.46. The molecular weight excluding hydrogens is 354 g/mol. The molecule has 0 N–H and O–H groups in total. The Bertz CT molecular complexity index is 828. The number of hydrogen-bond acceptors (Lipinski definition) is 4. The largest absolute Gasteiger partial charge is 0.491 e. The molecule has 1 atom stereocenters. The molecule has 0 unspecified atom stereocenters.